The molecule has 160 valence electrons. The Kier molecular flexibility index (Phi) is 6.29. The molecule has 1 aromatic heterocycles. The number of hydrogen-bond acceptors (Lipinski definition) is 5. The number of esters is 1. The van der Waals surface area contributed by atoms with Crippen molar-refractivity contribution in [3.63, 3.8) is 0 Å². The Hall–Kier alpha value is -3.09. The van der Waals surface area contributed by atoms with E-state index in [1.165, 1.54) is 11.8 Å². The van der Waals surface area contributed by atoms with Crippen molar-refractivity contribution in [2.24, 2.45) is 0 Å². The minimum Gasteiger partial charge on any atom is -0.459 e. The summed E-state index contributed by atoms with van der Waals surface area (Å²) in [5.41, 5.74) is 5.61. The minimum absolute atomic E-state index is 0.186. The lowest BCUT2D eigenvalue weighted by Crippen LogP contribution is -2.51. The molecule has 0 spiro atoms. The predicted molar refractivity (Wildman–Crippen MR) is 112 cm³/mol. The molecule has 0 bridgehead atoms. The van der Waals surface area contributed by atoms with Gasteiger partial charge in [-0.05, 0) is 74.6 Å². The lowest BCUT2D eigenvalue weighted by molar-refractivity contribution is -0.136. The van der Waals surface area contributed by atoms with E-state index in [1.54, 1.807) is 21.9 Å². The number of carbonyl (C=O) groups is 3. The molecule has 0 radical (unpaired) electrons. The Labute approximate surface area is 176 Å². The van der Waals surface area contributed by atoms with Gasteiger partial charge in [-0.25, -0.2) is 4.79 Å². The van der Waals surface area contributed by atoms with Crippen molar-refractivity contribution in [1.29, 1.82) is 0 Å². The average Bonchev–Trinajstić information content (AvgIpc) is 3.29. The van der Waals surface area contributed by atoms with Crippen molar-refractivity contribution in [2.75, 3.05) is 32.8 Å². The van der Waals surface area contributed by atoms with Crippen LogP contribution in [0.2, 0.25) is 0 Å². The maximum Gasteiger partial charge on any atom is 0.339 e. The number of rotatable bonds is 4. The van der Waals surface area contributed by atoms with Crippen LogP contribution < -0.4 is 0 Å². The summed E-state index contributed by atoms with van der Waals surface area (Å²) in [6.45, 7) is 11.1. The Morgan fingerprint density at radius 3 is 1.93 bits per heavy atom. The van der Waals surface area contributed by atoms with Crippen molar-refractivity contribution in [1.82, 2.24) is 9.80 Å². The first kappa shape index (κ1) is 21.6. The van der Waals surface area contributed by atoms with Gasteiger partial charge in [-0.2, -0.15) is 0 Å². The highest BCUT2D eigenvalue weighted by atomic mass is 16.5. The van der Waals surface area contributed by atoms with Gasteiger partial charge < -0.3 is 19.0 Å². The molecule has 1 aliphatic rings. The quantitative estimate of drug-likeness (QED) is 0.722. The maximum atomic E-state index is 12.7. The first-order valence-electron chi connectivity index (χ1n) is 10.1. The second kappa shape index (κ2) is 8.73. The SMILES string of the molecule is Cc1c(C)c(C)c(C(=O)OCC(=O)N2CCN(C(=O)c3ccco3)CC2)c(C)c1C. The smallest absolute Gasteiger partial charge is 0.339 e. The Balaban J connectivity index is 1.57. The summed E-state index contributed by atoms with van der Waals surface area (Å²) < 4.78 is 10.5. The molecule has 7 heteroatoms. The monoisotopic (exact) mass is 412 g/mol. The topological polar surface area (TPSA) is 80.1 Å². The van der Waals surface area contributed by atoms with Crippen LogP contribution in [0.25, 0.3) is 0 Å². The van der Waals surface area contributed by atoms with Crippen LogP contribution in [0.1, 0.15) is 48.7 Å². The fraction of sp³-hybridized carbons (Fsp3) is 0.435. The first-order valence-corrected chi connectivity index (χ1v) is 10.1. The fourth-order valence-electron chi connectivity index (χ4n) is 3.81. The molecule has 1 fully saturated rings. The van der Waals surface area contributed by atoms with Gasteiger partial charge in [0.15, 0.2) is 12.4 Å². The third-order valence-corrected chi connectivity index (χ3v) is 6.18. The number of nitrogens with zero attached hydrogens (tertiary/aromatic N) is 2. The van der Waals surface area contributed by atoms with E-state index in [2.05, 4.69) is 0 Å². The third-order valence-electron chi connectivity index (χ3n) is 6.18. The lowest BCUT2D eigenvalue weighted by atomic mass is 9.90. The molecular formula is C23H28N2O5. The molecule has 0 atom stereocenters. The van der Waals surface area contributed by atoms with E-state index in [4.69, 9.17) is 9.15 Å². The zero-order chi connectivity index (χ0) is 22.0. The van der Waals surface area contributed by atoms with Crippen LogP contribution in [0, 0.1) is 34.6 Å². The van der Waals surface area contributed by atoms with Crippen LogP contribution in [0.3, 0.4) is 0 Å². The van der Waals surface area contributed by atoms with Crippen LogP contribution >= 0.6 is 0 Å². The normalized spacial score (nSPS) is 14.0. The van der Waals surface area contributed by atoms with E-state index < -0.39 is 5.97 Å². The molecule has 2 aromatic rings. The molecule has 0 N–H and O–H groups in total. The molecule has 1 aromatic carbocycles. The molecule has 7 nitrogen and oxygen atoms in total. The molecule has 2 amide bonds. The standard InChI is InChI=1S/C23H28N2O5/c1-14-15(2)17(4)21(18(5)16(14)3)23(28)30-13-20(26)24-8-10-25(11-9-24)22(27)19-7-6-12-29-19/h6-7,12H,8-11,13H2,1-5H3. The van der Waals surface area contributed by atoms with Crippen molar-refractivity contribution < 1.29 is 23.5 Å². The van der Waals surface area contributed by atoms with Gasteiger partial charge in [-0.1, -0.05) is 0 Å². The summed E-state index contributed by atoms with van der Waals surface area (Å²) in [4.78, 5) is 40.8. The molecule has 0 unspecified atom stereocenters. The van der Waals surface area contributed by atoms with Gasteiger partial charge in [0.1, 0.15) is 0 Å². The van der Waals surface area contributed by atoms with Crippen LogP contribution in [0.5, 0.6) is 0 Å². The summed E-state index contributed by atoms with van der Waals surface area (Å²) in [5, 5.41) is 0. The molecule has 0 aliphatic carbocycles. The highest BCUT2D eigenvalue weighted by Gasteiger charge is 2.27. The molecule has 0 saturated carbocycles. The third kappa shape index (κ3) is 4.10. The van der Waals surface area contributed by atoms with Gasteiger partial charge >= 0.3 is 5.97 Å². The average molecular weight is 412 g/mol. The molecule has 30 heavy (non-hydrogen) atoms. The van der Waals surface area contributed by atoms with E-state index in [-0.39, 0.29) is 24.2 Å². The van der Waals surface area contributed by atoms with E-state index in [1.807, 2.05) is 34.6 Å². The van der Waals surface area contributed by atoms with Crippen LogP contribution in [-0.4, -0.2) is 60.4 Å². The van der Waals surface area contributed by atoms with Crippen molar-refractivity contribution in [3.8, 4) is 0 Å². The number of furan rings is 1. The number of carbonyl (C=O) groups excluding carboxylic acids is 3. The molecular weight excluding hydrogens is 384 g/mol. The van der Waals surface area contributed by atoms with Gasteiger partial charge in [0, 0.05) is 26.2 Å². The number of amides is 2. The number of piperazine rings is 1. The molecule has 1 saturated heterocycles. The van der Waals surface area contributed by atoms with Gasteiger partial charge in [-0.3, -0.25) is 9.59 Å². The predicted octanol–water partition coefficient (Wildman–Crippen LogP) is 2.96. The summed E-state index contributed by atoms with van der Waals surface area (Å²) in [6, 6.07) is 3.29. The zero-order valence-corrected chi connectivity index (χ0v) is 18.2. The Morgan fingerprint density at radius 1 is 0.867 bits per heavy atom. The molecule has 3 rings (SSSR count). The van der Waals surface area contributed by atoms with Crippen LogP contribution in [0.4, 0.5) is 0 Å². The zero-order valence-electron chi connectivity index (χ0n) is 18.2. The van der Waals surface area contributed by atoms with Crippen molar-refractivity contribution >= 4 is 17.8 Å². The number of hydrogen-bond donors (Lipinski definition) is 0. The first-order chi connectivity index (χ1) is 14.2. The summed E-state index contributed by atoms with van der Waals surface area (Å²) in [7, 11) is 0. The van der Waals surface area contributed by atoms with Crippen molar-refractivity contribution in [2.45, 2.75) is 34.6 Å². The van der Waals surface area contributed by atoms with E-state index in [9.17, 15) is 14.4 Å². The van der Waals surface area contributed by atoms with Crippen LogP contribution in [0.15, 0.2) is 22.8 Å². The minimum atomic E-state index is -0.476. The molecule has 2 heterocycles. The number of ether oxygens (including phenoxy) is 1. The van der Waals surface area contributed by atoms with Crippen LogP contribution in [-0.2, 0) is 9.53 Å². The van der Waals surface area contributed by atoms with Gasteiger partial charge in [0.25, 0.3) is 11.8 Å². The molecule has 1 aliphatic heterocycles. The fourth-order valence-corrected chi connectivity index (χ4v) is 3.81. The number of benzene rings is 1. The Bertz CT molecular complexity index is 941. The van der Waals surface area contributed by atoms with E-state index >= 15 is 0 Å². The highest BCUT2D eigenvalue weighted by Crippen LogP contribution is 2.26. The van der Waals surface area contributed by atoms with Gasteiger partial charge in [-0.15, -0.1) is 0 Å². The van der Waals surface area contributed by atoms with Gasteiger partial charge in [0.2, 0.25) is 0 Å². The second-order valence-electron chi connectivity index (χ2n) is 7.73. The highest BCUT2D eigenvalue weighted by molar-refractivity contribution is 5.95. The maximum absolute atomic E-state index is 12.7. The second-order valence-corrected chi connectivity index (χ2v) is 7.73. The van der Waals surface area contributed by atoms with E-state index in [0.29, 0.717) is 31.7 Å². The van der Waals surface area contributed by atoms with Gasteiger partial charge in [0.05, 0.1) is 11.8 Å². The van der Waals surface area contributed by atoms with E-state index in [0.717, 1.165) is 22.3 Å². The summed E-state index contributed by atoms with van der Waals surface area (Å²) >= 11 is 0. The summed E-state index contributed by atoms with van der Waals surface area (Å²) in [5.74, 6) is -0.631. The lowest BCUT2D eigenvalue weighted by Gasteiger charge is -2.34. The largest absolute Gasteiger partial charge is 0.459 e. The summed E-state index contributed by atoms with van der Waals surface area (Å²) in [6.07, 6.45) is 1.46. The Morgan fingerprint density at radius 2 is 1.40 bits per heavy atom. The van der Waals surface area contributed by atoms with Crippen molar-refractivity contribution in [3.05, 3.63) is 57.5 Å².